The van der Waals surface area contributed by atoms with Crippen LogP contribution >= 0.6 is 11.6 Å². The molecule has 100 valence electrons. The minimum absolute atomic E-state index is 0.0650. The van der Waals surface area contributed by atoms with E-state index in [1.807, 2.05) is 30.3 Å². The molecule has 2 nitrogen and oxygen atoms in total. The Morgan fingerprint density at radius 3 is 2.45 bits per heavy atom. The summed E-state index contributed by atoms with van der Waals surface area (Å²) in [6.45, 7) is 0. The van der Waals surface area contributed by atoms with Gasteiger partial charge in [-0.15, -0.1) is 0 Å². The first-order chi connectivity index (χ1) is 9.65. The summed E-state index contributed by atoms with van der Waals surface area (Å²) in [5.74, 6) is -0.143. The standard InChI is InChI=1S/C17H13ClO2/c18-15(11-13-5-2-1-3-6-13)9-10-17(20)14-7-4-8-16(19)12-14/h1-12,19H/b10-9+,15-11-. The van der Waals surface area contributed by atoms with Crippen LogP contribution in [0.3, 0.4) is 0 Å². The molecular weight excluding hydrogens is 272 g/mol. The van der Waals surface area contributed by atoms with Crippen LogP contribution in [0.5, 0.6) is 5.75 Å². The summed E-state index contributed by atoms with van der Waals surface area (Å²) in [5, 5.41) is 9.78. The molecule has 0 radical (unpaired) electrons. The van der Waals surface area contributed by atoms with Gasteiger partial charge in [-0.2, -0.15) is 0 Å². The molecule has 3 heteroatoms. The fourth-order valence-electron chi connectivity index (χ4n) is 1.67. The molecule has 1 N–H and O–H groups in total. The Kier molecular flexibility index (Phi) is 4.75. The summed E-state index contributed by atoms with van der Waals surface area (Å²) in [6, 6.07) is 15.8. The van der Waals surface area contributed by atoms with E-state index >= 15 is 0 Å². The molecule has 0 heterocycles. The van der Waals surface area contributed by atoms with Gasteiger partial charge in [0.1, 0.15) is 5.75 Å². The van der Waals surface area contributed by atoms with Gasteiger partial charge in [0.2, 0.25) is 0 Å². The summed E-state index contributed by atoms with van der Waals surface area (Å²) in [7, 11) is 0. The van der Waals surface area contributed by atoms with Crippen LogP contribution < -0.4 is 0 Å². The zero-order chi connectivity index (χ0) is 14.4. The highest BCUT2D eigenvalue weighted by Crippen LogP contribution is 2.14. The van der Waals surface area contributed by atoms with Crippen molar-refractivity contribution in [3.63, 3.8) is 0 Å². The lowest BCUT2D eigenvalue weighted by Crippen LogP contribution is -1.93. The van der Waals surface area contributed by atoms with Crippen LogP contribution in [0.1, 0.15) is 15.9 Å². The summed E-state index contributed by atoms with van der Waals surface area (Å²) in [6.07, 6.45) is 4.70. The van der Waals surface area contributed by atoms with Gasteiger partial charge in [-0.1, -0.05) is 54.1 Å². The van der Waals surface area contributed by atoms with Crippen molar-refractivity contribution >= 4 is 23.5 Å². The fourth-order valence-corrected chi connectivity index (χ4v) is 1.86. The van der Waals surface area contributed by atoms with E-state index in [1.54, 1.807) is 24.3 Å². The van der Waals surface area contributed by atoms with Crippen LogP contribution in [0.4, 0.5) is 0 Å². The molecule has 0 bridgehead atoms. The van der Waals surface area contributed by atoms with Crippen molar-refractivity contribution in [1.29, 1.82) is 0 Å². The van der Waals surface area contributed by atoms with Gasteiger partial charge in [-0.05, 0) is 35.9 Å². The minimum atomic E-state index is -0.208. The van der Waals surface area contributed by atoms with Crippen molar-refractivity contribution in [1.82, 2.24) is 0 Å². The lowest BCUT2D eigenvalue weighted by atomic mass is 10.1. The third-order valence-electron chi connectivity index (χ3n) is 2.63. The first kappa shape index (κ1) is 14.1. The highest BCUT2D eigenvalue weighted by Gasteiger charge is 2.02. The number of phenols is 1. The molecule has 2 rings (SSSR count). The first-order valence-corrected chi connectivity index (χ1v) is 6.46. The zero-order valence-electron chi connectivity index (χ0n) is 10.7. The second-order valence-electron chi connectivity index (χ2n) is 4.19. The monoisotopic (exact) mass is 284 g/mol. The SMILES string of the molecule is O=C(/C=C/C(Cl)=C/c1ccccc1)c1cccc(O)c1. The number of carbonyl (C=O) groups excluding carboxylic acids is 1. The van der Waals surface area contributed by atoms with E-state index in [9.17, 15) is 9.90 Å². The number of ketones is 1. The predicted molar refractivity (Wildman–Crippen MR) is 81.8 cm³/mol. The van der Waals surface area contributed by atoms with Crippen LogP contribution in [0.15, 0.2) is 71.8 Å². The Bertz CT molecular complexity index is 658. The first-order valence-electron chi connectivity index (χ1n) is 6.09. The Labute approximate surface area is 122 Å². The Balaban J connectivity index is 2.09. The molecule has 0 saturated carbocycles. The van der Waals surface area contributed by atoms with Gasteiger partial charge >= 0.3 is 0 Å². The molecule has 0 aliphatic heterocycles. The van der Waals surface area contributed by atoms with Gasteiger partial charge in [0.25, 0.3) is 0 Å². The van der Waals surface area contributed by atoms with E-state index < -0.39 is 0 Å². The van der Waals surface area contributed by atoms with Crippen molar-refractivity contribution in [2.24, 2.45) is 0 Å². The van der Waals surface area contributed by atoms with Gasteiger partial charge in [0.05, 0.1) is 0 Å². The van der Waals surface area contributed by atoms with Gasteiger partial charge in [-0.3, -0.25) is 4.79 Å². The number of phenolic OH excluding ortho intramolecular Hbond substituents is 1. The van der Waals surface area contributed by atoms with E-state index in [1.165, 1.54) is 18.2 Å². The molecular formula is C17H13ClO2. The van der Waals surface area contributed by atoms with Crippen LogP contribution in [-0.4, -0.2) is 10.9 Å². The summed E-state index contributed by atoms with van der Waals surface area (Å²) in [4.78, 5) is 11.9. The average molecular weight is 285 g/mol. The third kappa shape index (κ3) is 4.11. The second-order valence-corrected chi connectivity index (χ2v) is 4.62. The second kappa shape index (κ2) is 6.73. The van der Waals surface area contributed by atoms with Crippen molar-refractivity contribution in [2.75, 3.05) is 0 Å². The number of hydrogen-bond acceptors (Lipinski definition) is 2. The van der Waals surface area contributed by atoms with Gasteiger partial charge in [0.15, 0.2) is 5.78 Å². The molecule has 0 unspecified atom stereocenters. The quantitative estimate of drug-likeness (QED) is 0.513. The lowest BCUT2D eigenvalue weighted by molar-refractivity contribution is 0.104. The van der Waals surface area contributed by atoms with Crippen LogP contribution in [0, 0.1) is 0 Å². The molecule has 0 aliphatic rings. The average Bonchev–Trinajstić information content (AvgIpc) is 2.46. The minimum Gasteiger partial charge on any atom is -0.508 e. The van der Waals surface area contributed by atoms with Crippen LogP contribution in [0.25, 0.3) is 6.08 Å². The van der Waals surface area contributed by atoms with Crippen molar-refractivity contribution in [3.05, 3.63) is 82.9 Å². The molecule has 0 amide bonds. The molecule has 20 heavy (non-hydrogen) atoms. The van der Waals surface area contributed by atoms with E-state index in [-0.39, 0.29) is 11.5 Å². The molecule has 0 spiro atoms. The highest BCUT2D eigenvalue weighted by atomic mass is 35.5. The normalized spacial score (nSPS) is 11.8. The molecule has 0 aromatic heterocycles. The van der Waals surface area contributed by atoms with E-state index in [2.05, 4.69) is 0 Å². The fraction of sp³-hybridized carbons (Fsp3) is 0. The largest absolute Gasteiger partial charge is 0.508 e. The molecule has 0 atom stereocenters. The highest BCUT2D eigenvalue weighted by molar-refractivity contribution is 6.33. The number of carbonyl (C=O) groups is 1. The van der Waals surface area contributed by atoms with Gasteiger partial charge < -0.3 is 5.11 Å². The van der Waals surface area contributed by atoms with Gasteiger partial charge in [0, 0.05) is 10.6 Å². The van der Waals surface area contributed by atoms with E-state index in [0.717, 1.165) is 5.56 Å². The van der Waals surface area contributed by atoms with Gasteiger partial charge in [-0.25, -0.2) is 0 Å². The number of hydrogen-bond donors (Lipinski definition) is 1. The topological polar surface area (TPSA) is 37.3 Å². The molecule has 0 saturated heterocycles. The smallest absolute Gasteiger partial charge is 0.186 e. The molecule has 0 aliphatic carbocycles. The number of aromatic hydroxyl groups is 1. The van der Waals surface area contributed by atoms with E-state index in [4.69, 9.17) is 11.6 Å². The summed E-state index contributed by atoms with van der Waals surface area (Å²) < 4.78 is 0. The number of benzene rings is 2. The maximum absolute atomic E-state index is 11.9. The summed E-state index contributed by atoms with van der Waals surface area (Å²) >= 11 is 6.05. The Morgan fingerprint density at radius 2 is 1.75 bits per heavy atom. The number of rotatable bonds is 4. The number of halogens is 1. The zero-order valence-corrected chi connectivity index (χ0v) is 11.4. The maximum atomic E-state index is 11.9. The molecule has 2 aromatic carbocycles. The maximum Gasteiger partial charge on any atom is 0.186 e. The summed E-state index contributed by atoms with van der Waals surface area (Å²) in [5.41, 5.74) is 1.39. The number of allylic oxidation sites excluding steroid dienone is 3. The van der Waals surface area contributed by atoms with Crippen molar-refractivity contribution in [3.8, 4) is 5.75 Å². The van der Waals surface area contributed by atoms with Crippen molar-refractivity contribution in [2.45, 2.75) is 0 Å². The lowest BCUT2D eigenvalue weighted by Gasteiger charge is -1.97. The van der Waals surface area contributed by atoms with Crippen LogP contribution in [-0.2, 0) is 0 Å². The molecule has 2 aromatic rings. The molecule has 0 fully saturated rings. The third-order valence-corrected chi connectivity index (χ3v) is 2.86. The van der Waals surface area contributed by atoms with Crippen molar-refractivity contribution < 1.29 is 9.90 Å². The Hall–Kier alpha value is -2.32. The Morgan fingerprint density at radius 1 is 1.00 bits per heavy atom. The predicted octanol–water partition coefficient (Wildman–Crippen LogP) is 4.41. The van der Waals surface area contributed by atoms with E-state index in [0.29, 0.717) is 10.6 Å². The van der Waals surface area contributed by atoms with Crippen LogP contribution in [0.2, 0.25) is 0 Å².